The number of halogens is 1. The van der Waals surface area contributed by atoms with Crippen LogP contribution in [0.25, 0.3) is 0 Å². The third kappa shape index (κ3) is 3.14. The molecule has 0 aliphatic rings. The second-order valence-corrected chi connectivity index (χ2v) is 3.11. The maximum Gasteiger partial charge on any atom is 0.320 e. The molecule has 76 valence electrons. The molecule has 3 nitrogen and oxygen atoms in total. The summed E-state index contributed by atoms with van der Waals surface area (Å²) in [5.41, 5.74) is 6.07. The van der Waals surface area contributed by atoms with Crippen LogP contribution in [0.15, 0.2) is 24.3 Å². The zero-order valence-corrected chi connectivity index (χ0v) is 7.61. The minimum atomic E-state index is -1.03. The highest BCUT2D eigenvalue weighted by Gasteiger charge is 2.10. The van der Waals surface area contributed by atoms with Crippen molar-refractivity contribution < 1.29 is 14.3 Å². The van der Waals surface area contributed by atoms with E-state index in [0.717, 1.165) is 5.56 Å². The van der Waals surface area contributed by atoms with Crippen LogP contribution < -0.4 is 5.73 Å². The molecule has 0 heterocycles. The molecule has 0 saturated carbocycles. The average Bonchev–Trinajstić information content (AvgIpc) is 2.14. The van der Waals surface area contributed by atoms with Crippen LogP contribution in [-0.4, -0.2) is 17.1 Å². The van der Waals surface area contributed by atoms with Crippen molar-refractivity contribution in [1.29, 1.82) is 0 Å². The highest BCUT2D eigenvalue weighted by Crippen LogP contribution is 2.07. The molecule has 0 spiro atoms. The summed E-state index contributed by atoms with van der Waals surface area (Å²) in [7, 11) is 0. The van der Waals surface area contributed by atoms with Crippen molar-refractivity contribution in [3.05, 3.63) is 35.6 Å². The van der Waals surface area contributed by atoms with Crippen LogP contribution in [0.5, 0.6) is 0 Å². The van der Waals surface area contributed by atoms with Crippen molar-refractivity contribution in [1.82, 2.24) is 0 Å². The second-order valence-electron chi connectivity index (χ2n) is 3.11. The van der Waals surface area contributed by atoms with Crippen LogP contribution in [0.4, 0.5) is 4.39 Å². The van der Waals surface area contributed by atoms with Gasteiger partial charge < -0.3 is 10.8 Å². The molecular weight excluding hydrogens is 185 g/mol. The molecule has 1 rings (SSSR count). The van der Waals surface area contributed by atoms with Gasteiger partial charge in [0.1, 0.15) is 11.9 Å². The van der Waals surface area contributed by atoms with Gasteiger partial charge >= 0.3 is 5.97 Å². The Morgan fingerprint density at radius 3 is 2.86 bits per heavy atom. The van der Waals surface area contributed by atoms with E-state index in [9.17, 15) is 9.18 Å². The number of hydrogen-bond acceptors (Lipinski definition) is 2. The summed E-state index contributed by atoms with van der Waals surface area (Å²) in [6.07, 6.45) is 0.796. The fourth-order valence-corrected chi connectivity index (χ4v) is 1.14. The molecule has 1 aromatic rings. The quantitative estimate of drug-likeness (QED) is 0.761. The maximum absolute atomic E-state index is 12.7. The predicted molar refractivity (Wildman–Crippen MR) is 50.3 cm³/mol. The van der Waals surface area contributed by atoms with Crippen molar-refractivity contribution in [3.63, 3.8) is 0 Å². The van der Waals surface area contributed by atoms with Gasteiger partial charge in [-0.2, -0.15) is 0 Å². The van der Waals surface area contributed by atoms with Crippen molar-refractivity contribution in [3.8, 4) is 0 Å². The third-order valence-corrected chi connectivity index (χ3v) is 1.95. The van der Waals surface area contributed by atoms with E-state index in [1.807, 2.05) is 0 Å². The van der Waals surface area contributed by atoms with Crippen molar-refractivity contribution in [2.45, 2.75) is 18.9 Å². The summed E-state index contributed by atoms with van der Waals surface area (Å²) in [6.45, 7) is 0. The molecular formula is C10H12FNO2. The summed E-state index contributed by atoms with van der Waals surface area (Å²) in [5.74, 6) is -1.34. The van der Waals surface area contributed by atoms with E-state index in [1.54, 1.807) is 12.1 Å². The Bertz CT molecular complexity index is 328. The number of nitrogens with two attached hydrogens (primary N) is 1. The lowest BCUT2D eigenvalue weighted by Gasteiger charge is -2.05. The number of aliphatic carboxylic acids is 1. The van der Waals surface area contributed by atoms with Crippen molar-refractivity contribution in [2.24, 2.45) is 5.73 Å². The minimum absolute atomic E-state index is 0.314. The Morgan fingerprint density at radius 2 is 2.29 bits per heavy atom. The van der Waals surface area contributed by atoms with E-state index in [-0.39, 0.29) is 5.82 Å². The first kappa shape index (κ1) is 10.7. The molecule has 1 aromatic carbocycles. The standard InChI is InChI=1S/C10H12FNO2/c11-8-3-1-2-7(6-8)4-5-9(12)10(13)14/h1-3,6,9H,4-5,12H2,(H,13,14). The lowest BCUT2D eigenvalue weighted by molar-refractivity contribution is -0.138. The topological polar surface area (TPSA) is 63.3 Å². The molecule has 0 aliphatic heterocycles. The highest BCUT2D eigenvalue weighted by molar-refractivity contribution is 5.73. The van der Waals surface area contributed by atoms with Crippen LogP contribution in [0.2, 0.25) is 0 Å². The Hall–Kier alpha value is -1.42. The van der Waals surface area contributed by atoms with E-state index in [1.165, 1.54) is 12.1 Å². The third-order valence-electron chi connectivity index (χ3n) is 1.95. The van der Waals surface area contributed by atoms with Gasteiger partial charge in [-0.05, 0) is 30.5 Å². The van der Waals surface area contributed by atoms with Crippen LogP contribution in [0.3, 0.4) is 0 Å². The monoisotopic (exact) mass is 197 g/mol. The Morgan fingerprint density at radius 1 is 1.57 bits per heavy atom. The van der Waals surface area contributed by atoms with Gasteiger partial charge in [-0.15, -0.1) is 0 Å². The number of carboxylic acids is 1. The molecule has 0 fully saturated rings. The molecule has 0 saturated heterocycles. The first-order chi connectivity index (χ1) is 6.59. The largest absolute Gasteiger partial charge is 0.480 e. The predicted octanol–water partition coefficient (Wildman–Crippen LogP) is 1.17. The fourth-order valence-electron chi connectivity index (χ4n) is 1.14. The van der Waals surface area contributed by atoms with Crippen LogP contribution in [0, 0.1) is 5.82 Å². The molecule has 4 heteroatoms. The summed E-state index contributed by atoms with van der Waals surface area (Å²) < 4.78 is 12.7. The zero-order valence-electron chi connectivity index (χ0n) is 7.61. The lowest BCUT2D eigenvalue weighted by Crippen LogP contribution is -2.30. The van der Waals surface area contributed by atoms with Gasteiger partial charge in [-0.3, -0.25) is 4.79 Å². The van der Waals surface area contributed by atoms with Crippen molar-refractivity contribution >= 4 is 5.97 Å². The summed E-state index contributed by atoms with van der Waals surface area (Å²) in [5, 5.41) is 8.52. The number of carboxylic acid groups (broad SMARTS) is 1. The SMILES string of the molecule is NC(CCc1cccc(F)c1)C(=O)O. The zero-order chi connectivity index (χ0) is 10.6. The van der Waals surface area contributed by atoms with Gasteiger partial charge in [-0.25, -0.2) is 4.39 Å². The van der Waals surface area contributed by atoms with E-state index < -0.39 is 12.0 Å². The molecule has 0 aromatic heterocycles. The lowest BCUT2D eigenvalue weighted by atomic mass is 10.1. The Kier molecular flexibility index (Phi) is 3.59. The summed E-state index contributed by atoms with van der Waals surface area (Å²) in [4.78, 5) is 10.4. The van der Waals surface area contributed by atoms with Gasteiger partial charge in [0.25, 0.3) is 0 Å². The normalized spacial score (nSPS) is 12.4. The van der Waals surface area contributed by atoms with Crippen LogP contribution in [0.1, 0.15) is 12.0 Å². The Labute approximate surface area is 81.4 Å². The van der Waals surface area contributed by atoms with Crippen LogP contribution >= 0.6 is 0 Å². The summed E-state index contributed by atoms with van der Waals surface area (Å²) >= 11 is 0. The Balaban J connectivity index is 2.49. The first-order valence-electron chi connectivity index (χ1n) is 4.32. The molecule has 0 amide bonds. The maximum atomic E-state index is 12.7. The van der Waals surface area contributed by atoms with E-state index >= 15 is 0 Å². The number of rotatable bonds is 4. The molecule has 1 atom stereocenters. The van der Waals surface area contributed by atoms with Gasteiger partial charge in [-0.1, -0.05) is 12.1 Å². The molecule has 0 bridgehead atoms. The van der Waals surface area contributed by atoms with Crippen molar-refractivity contribution in [2.75, 3.05) is 0 Å². The minimum Gasteiger partial charge on any atom is -0.480 e. The van der Waals surface area contributed by atoms with Gasteiger partial charge in [0, 0.05) is 0 Å². The molecule has 1 unspecified atom stereocenters. The summed E-state index contributed by atoms with van der Waals surface area (Å²) in [6, 6.07) is 5.20. The molecule has 14 heavy (non-hydrogen) atoms. The molecule has 0 aliphatic carbocycles. The number of aryl methyl sites for hydroxylation is 1. The number of hydrogen-bond donors (Lipinski definition) is 2. The van der Waals surface area contributed by atoms with E-state index in [2.05, 4.69) is 0 Å². The molecule has 3 N–H and O–H groups in total. The number of benzene rings is 1. The molecule has 0 radical (unpaired) electrons. The van der Waals surface area contributed by atoms with Crippen LogP contribution in [-0.2, 0) is 11.2 Å². The average molecular weight is 197 g/mol. The van der Waals surface area contributed by atoms with E-state index in [4.69, 9.17) is 10.8 Å². The fraction of sp³-hybridized carbons (Fsp3) is 0.300. The first-order valence-corrected chi connectivity index (χ1v) is 4.32. The second kappa shape index (κ2) is 4.72. The van der Waals surface area contributed by atoms with E-state index in [0.29, 0.717) is 12.8 Å². The van der Waals surface area contributed by atoms with Gasteiger partial charge in [0.2, 0.25) is 0 Å². The number of carbonyl (C=O) groups is 1. The smallest absolute Gasteiger partial charge is 0.320 e. The van der Waals surface area contributed by atoms with Gasteiger partial charge in [0.15, 0.2) is 0 Å². The van der Waals surface area contributed by atoms with Gasteiger partial charge in [0.05, 0.1) is 0 Å². The highest BCUT2D eigenvalue weighted by atomic mass is 19.1.